The average Bonchev–Trinajstić information content (AvgIpc) is 2.46. The number of rotatable bonds is 3. The Morgan fingerprint density at radius 2 is 1.85 bits per heavy atom. The van der Waals surface area contributed by atoms with Gasteiger partial charge in [-0.1, -0.05) is 29.8 Å². The number of nitrogens with zero attached hydrogens (tertiary/aromatic N) is 2. The zero-order valence-corrected chi connectivity index (χ0v) is 11.4. The van der Waals surface area contributed by atoms with Gasteiger partial charge in [-0.2, -0.15) is 0 Å². The fourth-order valence-electron chi connectivity index (χ4n) is 1.79. The summed E-state index contributed by atoms with van der Waals surface area (Å²) in [6.45, 7) is 0. The van der Waals surface area contributed by atoms with E-state index in [-0.39, 0.29) is 16.3 Å². The lowest BCUT2D eigenvalue weighted by atomic mass is 10.1. The van der Waals surface area contributed by atoms with Crippen LogP contribution in [0, 0.1) is 10.1 Å². The summed E-state index contributed by atoms with van der Waals surface area (Å²) >= 11 is 5.82. The van der Waals surface area contributed by atoms with Crippen molar-refractivity contribution in [3.8, 4) is 0 Å². The SMILES string of the molecule is CN(C(=O)c1cc(Cl)ccc1[N+](=O)[O-])c1ccccc1. The van der Waals surface area contributed by atoms with E-state index in [9.17, 15) is 14.9 Å². The van der Waals surface area contributed by atoms with E-state index in [2.05, 4.69) is 0 Å². The van der Waals surface area contributed by atoms with E-state index in [4.69, 9.17) is 11.6 Å². The summed E-state index contributed by atoms with van der Waals surface area (Å²) in [5, 5.41) is 11.3. The van der Waals surface area contributed by atoms with Crippen LogP contribution in [0.4, 0.5) is 11.4 Å². The highest BCUT2D eigenvalue weighted by atomic mass is 35.5. The molecule has 102 valence electrons. The van der Waals surface area contributed by atoms with Crippen LogP contribution in [0.2, 0.25) is 5.02 Å². The summed E-state index contributed by atoms with van der Waals surface area (Å²) in [4.78, 5) is 24.1. The number of hydrogen-bond donors (Lipinski definition) is 0. The summed E-state index contributed by atoms with van der Waals surface area (Å²) < 4.78 is 0. The van der Waals surface area contributed by atoms with E-state index in [1.807, 2.05) is 6.07 Å². The van der Waals surface area contributed by atoms with Crippen molar-refractivity contribution in [2.45, 2.75) is 0 Å². The molecule has 0 radical (unpaired) electrons. The van der Waals surface area contributed by atoms with Crippen molar-refractivity contribution in [3.63, 3.8) is 0 Å². The summed E-state index contributed by atoms with van der Waals surface area (Å²) in [5.41, 5.74) is 0.350. The zero-order valence-electron chi connectivity index (χ0n) is 10.6. The minimum atomic E-state index is -0.595. The predicted octanol–water partition coefficient (Wildman–Crippen LogP) is 3.52. The molecule has 0 unspecified atom stereocenters. The van der Waals surface area contributed by atoms with E-state index in [0.29, 0.717) is 5.69 Å². The molecule has 0 aromatic heterocycles. The second-order valence-corrected chi connectivity index (χ2v) is 4.55. The molecule has 6 heteroatoms. The van der Waals surface area contributed by atoms with Gasteiger partial charge < -0.3 is 4.90 Å². The van der Waals surface area contributed by atoms with Gasteiger partial charge in [0.2, 0.25) is 0 Å². The lowest BCUT2D eigenvalue weighted by Gasteiger charge is -2.17. The van der Waals surface area contributed by atoms with Crippen LogP contribution >= 0.6 is 11.6 Å². The van der Waals surface area contributed by atoms with Gasteiger partial charge in [0.15, 0.2) is 0 Å². The molecule has 0 aliphatic carbocycles. The van der Waals surface area contributed by atoms with Gasteiger partial charge >= 0.3 is 0 Å². The first kappa shape index (κ1) is 14.0. The van der Waals surface area contributed by atoms with Gasteiger partial charge in [-0.15, -0.1) is 0 Å². The van der Waals surface area contributed by atoms with Crippen LogP contribution in [-0.2, 0) is 0 Å². The molecule has 0 atom stereocenters. The highest BCUT2D eigenvalue weighted by molar-refractivity contribution is 6.31. The maximum absolute atomic E-state index is 12.4. The lowest BCUT2D eigenvalue weighted by molar-refractivity contribution is -0.385. The highest BCUT2D eigenvalue weighted by Gasteiger charge is 2.23. The molecule has 0 aliphatic rings. The van der Waals surface area contributed by atoms with Crippen LogP contribution in [0.5, 0.6) is 0 Å². The van der Waals surface area contributed by atoms with E-state index in [0.717, 1.165) is 0 Å². The normalized spacial score (nSPS) is 10.1. The van der Waals surface area contributed by atoms with Crippen molar-refractivity contribution in [2.75, 3.05) is 11.9 Å². The van der Waals surface area contributed by atoms with Crippen LogP contribution in [0.1, 0.15) is 10.4 Å². The Bertz CT molecular complexity index is 659. The van der Waals surface area contributed by atoms with E-state index in [1.54, 1.807) is 31.3 Å². The Morgan fingerprint density at radius 1 is 1.20 bits per heavy atom. The van der Waals surface area contributed by atoms with Crippen LogP contribution in [0.3, 0.4) is 0 Å². The van der Waals surface area contributed by atoms with Crippen LogP contribution in [0.25, 0.3) is 0 Å². The Balaban J connectivity index is 2.43. The molecule has 1 amide bonds. The third-order valence-corrected chi connectivity index (χ3v) is 3.07. The first-order valence-corrected chi connectivity index (χ1v) is 6.15. The Kier molecular flexibility index (Phi) is 4.00. The summed E-state index contributed by atoms with van der Waals surface area (Å²) in [6.07, 6.45) is 0. The van der Waals surface area contributed by atoms with E-state index in [1.165, 1.54) is 23.1 Å². The molecule has 0 saturated heterocycles. The van der Waals surface area contributed by atoms with Crippen molar-refractivity contribution < 1.29 is 9.72 Å². The number of nitro groups is 1. The smallest absolute Gasteiger partial charge is 0.282 e. The molecule has 0 spiro atoms. The van der Waals surface area contributed by atoms with Gasteiger partial charge in [-0.3, -0.25) is 14.9 Å². The maximum atomic E-state index is 12.4. The van der Waals surface area contributed by atoms with Crippen LogP contribution < -0.4 is 4.90 Å². The predicted molar refractivity (Wildman–Crippen MR) is 77.3 cm³/mol. The first-order chi connectivity index (χ1) is 9.50. The monoisotopic (exact) mass is 290 g/mol. The number of hydrogen-bond acceptors (Lipinski definition) is 3. The Morgan fingerprint density at radius 3 is 2.45 bits per heavy atom. The minimum absolute atomic E-state index is 0.0335. The molecule has 0 aliphatic heterocycles. The fraction of sp³-hybridized carbons (Fsp3) is 0.0714. The van der Waals surface area contributed by atoms with Crippen molar-refractivity contribution in [1.29, 1.82) is 0 Å². The summed E-state index contributed by atoms with van der Waals surface area (Å²) in [7, 11) is 1.56. The number of para-hydroxylation sites is 1. The third kappa shape index (κ3) is 2.78. The third-order valence-electron chi connectivity index (χ3n) is 2.83. The number of amides is 1. The number of anilines is 1. The van der Waals surface area contributed by atoms with Crippen molar-refractivity contribution in [2.24, 2.45) is 0 Å². The van der Waals surface area contributed by atoms with Gasteiger partial charge in [-0.25, -0.2) is 0 Å². The fourth-order valence-corrected chi connectivity index (χ4v) is 1.96. The minimum Gasteiger partial charge on any atom is -0.311 e. The second kappa shape index (κ2) is 5.71. The number of halogens is 1. The largest absolute Gasteiger partial charge is 0.311 e. The number of carbonyl (C=O) groups is 1. The number of carbonyl (C=O) groups excluding carboxylic acids is 1. The van der Waals surface area contributed by atoms with Crippen LogP contribution in [0.15, 0.2) is 48.5 Å². The van der Waals surface area contributed by atoms with Gasteiger partial charge in [0.25, 0.3) is 11.6 Å². The van der Waals surface area contributed by atoms with Gasteiger partial charge in [0.1, 0.15) is 5.56 Å². The quantitative estimate of drug-likeness (QED) is 0.642. The Labute approximate surface area is 120 Å². The Hall–Kier alpha value is -2.40. The zero-order chi connectivity index (χ0) is 14.7. The highest BCUT2D eigenvalue weighted by Crippen LogP contribution is 2.25. The molecule has 0 N–H and O–H groups in total. The first-order valence-electron chi connectivity index (χ1n) is 5.78. The van der Waals surface area contributed by atoms with Crippen molar-refractivity contribution >= 4 is 28.9 Å². The van der Waals surface area contributed by atoms with Gasteiger partial charge in [0, 0.05) is 23.8 Å². The van der Waals surface area contributed by atoms with Crippen molar-refractivity contribution in [1.82, 2.24) is 0 Å². The average molecular weight is 291 g/mol. The molecule has 0 fully saturated rings. The molecular formula is C14H11ClN2O3. The molecular weight excluding hydrogens is 280 g/mol. The molecule has 2 rings (SSSR count). The molecule has 0 heterocycles. The number of benzene rings is 2. The van der Waals surface area contributed by atoms with Crippen LogP contribution in [-0.4, -0.2) is 17.9 Å². The standard InChI is InChI=1S/C14H11ClN2O3/c1-16(11-5-3-2-4-6-11)14(18)12-9-10(15)7-8-13(12)17(19)20/h2-9H,1H3. The van der Waals surface area contributed by atoms with E-state index < -0.39 is 10.8 Å². The topological polar surface area (TPSA) is 63.5 Å². The van der Waals surface area contributed by atoms with Gasteiger partial charge in [0.05, 0.1) is 4.92 Å². The summed E-state index contributed by atoms with van der Waals surface area (Å²) in [6, 6.07) is 12.8. The molecule has 2 aromatic carbocycles. The maximum Gasteiger partial charge on any atom is 0.282 e. The molecule has 20 heavy (non-hydrogen) atoms. The lowest BCUT2D eigenvalue weighted by Crippen LogP contribution is -2.26. The molecule has 2 aromatic rings. The molecule has 0 bridgehead atoms. The van der Waals surface area contributed by atoms with Crippen molar-refractivity contribution in [3.05, 3.63) is 69.2 Å². The van der Waals surface area contributed by atoms with E-state index >= 15 is 0 Å². The molecule has 5 nitrogen and oxygen atoms in total. The second-order valence-electron chi connectivity index (χ2n) is 4.12. The van der Waals surface area contributed by atoms with Gasteiger partial charge in [-0.05, 0) is 24.3 Å². The number of nitro benzene ring substituents is 1. The molecule has 0 saturated carbocycles. The summed E-state index contributed by atoms with van der Waals surface area (Å²) in [5.74, 6) is -0.481.